The van der Waals surface area contributed by atoms with E-state index in [1.54, 1.807) is 24.5 Å². The van der Waals surface area contributed by atoms with Gasteiger partial charge in [0.25, 0.3) is 0 Å². The lowest BCUT2D eigenvalue weighted by Crippen LogP contribution is -2.22. The van der Waals surface area contributed by atoms with Crippen molar-refractivity contribution < 1.29 is 13.9 Å². The van der Waals surface area contributed by atoms with Gasteiger partial charge in [-0.1, -0.05) is 30.3 Å². The fourth-order valence-electron chi connectivity index (χ4n) is 3.30. The Bertz CT molecular complexity index is 950. The minimum atomic E-state index is -0.291. The summed E-state index contributed by atoms with van der Waals surface area (Å²) in [5, 5.41) is 4.95. The zero-order chi connectivity index (χ0) is 17.4. The van der Waals surface area contributed by atoms with Crippen molar-refractivity contribution in [2.24, 2.45) is 0 Å². The lowest BCUT2D eigenvalue weighted by molar-refractivity contribution is -0.116. The number of para-hydroxylation sites is 1. The number of benzene rings is 2. The molecule has 1 aliphatic heterocycles. The highest BCUT2D eigenvalue weighted by Crippen LogP contribution is 2.48. The summed E-state index contributed by atoms with van der Waals surface area (Å²) < 4.78 is 19.1. The van der Waals surface area contributed by atoms with Gasteiger partial charge in [0.15, 0.2) is 0 Å². The van der Waals surface area contributed by atoms with Crippen LogP contribution in [0.4, 0.5) is 10.1 Å². The number of carbonyl (C=O) groups is 1. The van der Waals surface area contributed by atoms with Gasteiger partial charge in [-0.3, -0.25) is 4.79 Å². The third kappa shape index (κ3) is 2.81. The van der Waals surface area contributed by atoms with Gasteiger partial charge in [-0.25, -0.2) is 4.39 Å². The third-order valence-electron chi connectivity index (χ3n) is 4.44. The van der Waals surface area contributed by atoms with Gasteiger partial charge in [0.05, 0.1) is 12.8 Å². The molecule has 2 aromatic carbocycles. The smallest absolute Gasteiger partial charge is 0.225 e. The number of anilines is 1. The van der Waals surface area contributed by atoms with E-state index in [0.717, 1.165) is 33.0 Å². The molecule has 0 aliphatic carbocycles. The molecular formula is C20H16FNO2S. The van der Waals surface area contributed by atoms with Crippen LogP contribution in [0.5, 0.6) is 5.75 Å². The summed E-state index contributed by atoms with van der Waals surface area (Å²) in [6, 6.07) is 14.2. The number of nitrogens with one attached hydrogen (secondary N) is 1. The molecule has 2 heterocycles. The molecule has 0 radical (unpaired) electrons. The van der Waals surface area contributed by atoms with Gasteiger partial charge in [0, 0.05) is 33.7 Å². The molecule has 3 aromatic rings. The van der Waals surface area contributed by atoms with Crippen LogP contribution >= 0.6 is 11.3 Å². The highest BCUT2D eigenvalue weighted by Gasteiger charge is 2.31. The summed E-state index contributed by atoms with van der Waals surface area (Å²) >= 11 is 1.58. The molecule has 0 spiro atoms. The molecule has 1 aromatic heterocycles. The molecule has 0 unspecified atom stereocenters. The number of rotatable bonds is 3. The Hall–Kier alpha value is -2.66. The van der Waals surface area contributed by atoms with Gasteiger partial charge in [0.2, 0.25) is 5.91 Å². The quantitative estimate of drug-likeness (QED) is 0.717. The van der Waals surface area contributed by atoms with Crippen LogP contribution in [0.3, 0.4) is 0 Å². The monoisotopic (exact) mass is 353 g/mol. The van der Waals surface area contributed by atoms with Crippen LogP contribution in [0.25, 0.3) is 11.1 Å². The van der Waals surface area contributed by atoms with Gasteiger partial charge in [-0.15, -0.1) is 11.3 Å². The number of hydrogen-bond donors (Lipinski definition) is 1. The Kier molecular flexibility index (Phi) is 4.01. The molecule has 0 fully saturated rings. The molecule has 1 atom stereocenters. The predicted octanol–water partition coefficient (Wildman–Crippen LogP) is 5.04. The molecule has 5 heteroatoms. The second kappa shape index (κ2) is 6.33. The first kappa shape index (κ1) is 15.8. The first-order valence-corrected chi connectivity index (χ1v) is 8.85. The van der Waals surface area contributed by atoms with Gasteiger partial charge in [-0.2, -0.15) is 0 Å². The third-order valence-corrected chi connectivity index (χ3v) is 5.54. The molecule has 4 rings (SSSR count). The molecule has 0 saturated carbocycles. The summed E-state index contributed by atoms with van der Waals surface area (Å²) in [7, 11) is 1.63. The topological polar surface area (TPSA) is 38.3 Å². The van der Waals surface area contributed by atoms with Crippen LogP contribution in [0, 0.1) is 5.82 Å². The number of fused-ring (bicyclic) bond motifs is 1. The molecule has 0 saturated heterocycles. The Morgan fingerprint density at radius 1 is 1.20 bits per heavy atom. The zero-order valence-electron chi connectivity index (χ0n) is 13.6. The molecule has 1 amide bonds. The van der Waals surface area contributed by atoms with Crippen molar-refractivity contribution in [3.63, 3.8) is 0 Å². The standard InChI is InChI=1S/C20H16FNO2S/c1-24-17-8-3-2-7-14(17)15-10-18(23)22-19-16(11-25-20(15)19)12-5-4-6-13(21)9-12/h2-9,11,15H,10H2,1H3,(H,22,23)/t15-/m0/s1. The Balaban J connectivity index is 1.84. The molecule has 1 N–H and O–H groups in total. The van der Waals surface area contributed by atoms with Crippen molar-refractivity contribution in [3.05, 3.63) is 70.2 Å². The number of thiophene rings is 1. The normalized spacial score (nSPS) is 16.2. The van der Waals surface area contributed by atoms with Gasteiger partial charge >= 0.3 is 0 Å². The van der Waals surface area contributed by atoms with Crippen molar-refractivity contribution in [2.75, 3.05) is 12.4 Å². The number of ether oxygens (including phenoxy) is 1. The van der Waals surface area contributed by atoms with E-state index in [4.69, 9.17) is 4.74 Å². The van der Waals surface area contributed by atoms with Crippen molar-refractivity contribution >= 4 is 22.9 Å². The van der Waals surface area contributed by atoms with E-state index in [1.807, 2.05) is 35.7 Å². The minimum absolute atomic E-state index is 0.0422. The lowest BCUT2D eigenvalue weighted by Gasteiger charge is -2.25. The number of amides is 1. The van der Waals surface area contributed by atoms with Crippen molar-refractivity contribution in [1.82, 2.24) is 0 Å². The van der Waals surface area contributed by atoms with Gasteiger partial charge in [0.1, 0.15) is 11.6 Å². The van der Waals surface area contributed by atoms with Crippen LogP contribution in [-0.2, 0) is 4.79 Å². The first-order valence-electron chi connectivity index (χ1n) is 7.97. The largest absolute Gasteiger partial charge is 0.496 e. The Morgan fingerprint density at radius 3 is 2.84 bits per heavy atom. The van der Waals surface area contributed by atoms with Crippen LogP contribution < -0.4 is 10.1 Å². The Morgan fingerprint density at radius 2 is 2.04 bits per heavy atom. The average molecular weight is 353 g/mol. The highest BCUT2D eigenvalue weighted by atomic mass is 32.1. The summed E-state index contributed by atoms with van der Waals surface area (Å²) in [5.41, 5.74) is 3.39. The predicted molar refractivity (Wildman–Crippen MR) is 97.8 cm³/mol. The van der Waals surface area contributed by atoms with E-state index >= 15 is 0 Å². The van der Waals surface area contributed by atoms with E-state index in [2.05, 4.69) is 5.32 Å². The fraction of sp³-hybridized carbons (Fsp3) is 0.150. The van der Waals surface area contributed by atoms with Crippen molar-refractivity contribution in [1.29, 1.82) is 0 Å². The van der Waals surface area contributed by atoms with Gasteiger partial charge in [-0.05, 0) is 23.8 Å². The second-order valence-corrected chi connectivity index (χ2v) is 6.86. The summed E-state index contributed by atoms with van der Waals surface area (Å²) in [6.07, 6.45) is 0.372. The van der Waals surface area contributed by atoms with Crippen molar-refractivity contribution in [3.8, 4) is 16.9 Å². The van der Waals surface area contributed by atoms with Crippen LogP contribution in [0.15, 0.2) is 53.9 Å². The van der Waals surface area contributed by atoms with Crippen LogP contribution in [-0.4, -0.2) is 13.0 Å². The number of hydrogen-bond acceptors (Lipinski definition) is 3. The maximum atomic E-state index is 13.6. The molecule has 126 valence electrons. The maximum absolute atomic E-state index is 13.6. The summed E-state index contributed by atoms with van der Waals surface area (Å²) in [6.45, 7) is 0. The number of carbonyl (C=O) groups excluding carboxylic acids is 1. The maximum Gasteiger partial charge on any atom is 0.225 e. The van der Waals surface area contributed by atoms with Crippen LogP contribution in [0.2, 0.25) is 0 Å². The van der Waals surface area contributed by atoms with E-state index in [0.29, 0.717) is 6.42 Å². The highest BCUT2D eigenvalue weighted by molar-refractivity contribution is 7.11. The zero-order valence-corrected chi connectivity index (χ0v) is 14.4. The fourth-order valence-corrected chi connectivity index (χ4v) is 4.45. The van der Waals surface area contributed by atoms with Crippen LogP contribution in [0.1, 0.15) is 22.8 Å². The second-order valence-electron chi connectivity index (χ2n) is 5.95. The summed E-state index contributed by atoms with van der Waals surface area (Å²) in [4.78, 5) is 13.4. The SMILES string of the molecule is COc1ccccc1[C@@H]1CC(=O)Nc2c(-c3cccc(F)c3)csc21. The summed E-state index contributed by atoms with van der Waals surface area (Å²) in [5.74, 6) is 0.376. The minimum Gasteiger partial charge on any atom is -0.496 e. The lowest BCUT2D eigenvalue weighted by atomic mass is 9.88. The van der Waals surface area contributed by atoms with Crippen molar-refractivity contribution in [2.45, 2.75) is 12.3 Å². The van der Waals surface area contributed by atoms with E-state index in [-0.39, 0.29) is 17.6 Å². The van der Waals surface area contributed by atoms with E-state index in [1.165, 1.54) is 12.1 Å². The first-order chi connectivity index (χ1) is 12.2. The van der Waals surface area contributed by atoms with Gasteiger partial charge < -0.3 is 10.1 Å². The average Bonchev–Trinajstić information content (AvgIpc) is 3.04. The molecule has 3 nitrogen and oxygen atoms in total. The number of halogens is 1. The molecular weight excluding hydrogens is 337 g/mol. The molecule has 0 bridgehead atoms. The Labute approximate surface area is 149 Å². The number of methoxy groups -OCH3 is 1. The molecule has 25 heavy (non-hydrogen) atoms. The van der Waals surface area contributed by atoms with E-state index < -0.39 is 0 Å². The molecule has 1 aliphatic rings. The van der Waals surface area contributed by atoms with E-state index in [9.17, 15) is 9.18 Å².